The molecule has 1 aliphatic rings. The van der Waals surface area contributed by atoms with Crippen LogP contribution in [-0.2, 0) is 0 Å². The third-order valence-electron chi connectivity index (χ3n) is 3.82. The lowest BCUT2D eigenvalue weighted by molar-refractivity contribution is 0.478. The first-order chi connectivity index (χ1) is 9.74. The van der Waals surface area contributed by atoms with Crippen LogP contribution in [0.1, 0.15) is 18.4 Å². The van der Waals surface area contributed by atoms with Crippen molar-refractivity contribution in [3.05, 3.63) is 35.6 Å². The lowest BCUT2D eigenvalue weighted by atomic mass is 10.1. The highest BCUT2D eigenvalue weighted by molar-refractivity contribution is 5.68. The smallest absolute Gasteiger partial charge is 0.151 e. The van der Waals surface area contributed by atoms with Crippen LogP contribution in [0, 0.1) is 12.7 Å². The Bertz CT molecular complexity index is 570. The van der Waals surface area contributed by atoms with E-state index >= 15 is 0 Å². The normalized spacial score (nSPS) is 16.3. The van der Waals surface area contributed by atoms with Crippen molar-refractivity contribution in [1.29, 1.82) is 0 Å². The Labute approximate surface area is 117 Å². The van der Waals surface area contributed by atoms with E-state index in [2.05, 4.69) is 20.8 Å². The molecule has 0 amide bonds. The van der Waals surface area contributed by atoms with E-state index in [-0.39, 0.29) is 5.82 Å². The van der Waals surface area contributed by atoms with Gasteiger partial charge in [0.05, 0.1) is 5.69 Å². The number of aromatic amines is 1. The van der Waals surface area contributed by atoms with Crippen LogP contribution in [-0.4, -0.2) is 29.3 Å². The van der Waals surface area contributed by atoms with Crippen LogP contribution in [0.3, 0.4) is 0 Å². The van der Waals surface area contributed by atoms with Gasteiger partial charge in [-0.1, -0.05) is 0 Å². The molecule has 3 rings (SSSR count). The molecule has 1 aliphatic heterocycles. The Kier molecular flexibility index (Phi) is 3.69. The van der Waals surface area contributed by atoms with Gasteiger partial charge in [0.2, 0.25) is 0 Å². The van der Waals surface area contributed by atoms with Crippen molar-refractivity contribution in [2.45, 2.75) is 25.8 Å². The molecule has 0 unspecified atom stereocenters. The molecule has 0 bridgehead atoms. The first kappa shape index (κ1) is 13.1. The molecule has 5 heteroatoms. The second-order valence-corrected chi connectivity index (χ2v) is 5.25. The van der Waals surface area contributed by atoms with E-state index in [0.717, 1.165) is 48.6 Å². The van der Waals surface area contributed by atoms with Gasteiger partial charge in [-0.25, -0.2) is 4.39 Å². The van der Waals surface area contributed by atoms with Gasteiger partial charge in [-0.05, 0) is 57.1 Å². The number of benzene rings is 1. The first-order valence-electron chi connectivity index (χ1n) is 7.02. The minimum absolute atomic E-state index is 0.223. The SMILES string of the molecule is Cc1c(NC2CCNCC2)n[nH]c1-c1ccc(F)cc1. The van der Waals surface area contributed by atoms with E-state index in [1.165, 1.54) is 12.1 Å². The highest BCUT2D eigenvalue weighted by Gasteiger charge is 2.17. The zero-order valence-electron chi connectivity index (χ0n) is 11.5. The molecule has 2 heterocycles. The minimum Gasteiger partial charge on any atom is -0.366 e. The van der Waals surface area contributed by atoms with Gasteiger partial charge in [-0.2, -0.15) is 5.10 Å². The van der Waals surface area contributed by atoms with Gasteiger partial charge in [-0.3, -0.25) is 5.10 Å². The lowest BCUT2D eigenvalue weighted by Gasteiger charge is -2.23. The Morgan fingerprint density at radius 2 is 1.90 bits per heavy atom. The van der Waals surface area contributed by atoms with E-state index < -0.39 is 0 Å². The molecule has 1 saturated heterocycles. The van der Waals surface area contributed by atoms with Gasteiger partial charge in [0.15, 0.2) is 5.82 Å². The van der Waals surface area contributed by atoms with Crippen LogP contribution in [0.2, 0.25) is 0 Å². The van der Waals surface area contributed by atoms with Crippen molar-refractivity contribution in [1.82, 2.24) is 15.5 Å². The van der Waals surface area contributed by atoms with Gasteiger partial charge in [0, 0.05) is 17.2 Å². The summed E-state index contributed by atoms with van der Waals surface area (Å²) < 4.78 is 13.0. The van der Waals surface area contributed by atoms with Crippen LogP contribution in [0.25, 0.3) is 11.3 Å². The van der Waals surface area contributed by atoms with Crippen molar-refractivity contribution in [2.75, 3.05) is 18.4 Å². The van der Waals surface area contributed by atoms with Crippen molar-refractivity contribution >= 4 is 5.82 Å². The standard InChI is InChI=1S/C15H19FN4/c1-10-14(11-2-4-12(16)5-3-11)19-20-15(10)18-13-6-8-17-9-7-13/h2-5,13,17H,6-9H2,1H3,(H2,18,19,20). The molecule has 0 radical (unpaired) electrons. The van der Waals surface area contributed by atoms with Crippen LogP contribution >= 0.6 is 0 Å². The second kappa shape index (κ2) is 5.63. The van der Waals surface area contributed by atoms with Crippen LogP contribution in [0.5, 0.6) is 0 Å². The maximum Gasteiger partial charge on any atom is 0.151 e. The van der Waals surface area contributed by atoms with E-state index in [4.69, 9.17) is 0 Å². The molecule has 3 N–H and O–H groups in total. The van der Waals surface area contributed by atoms with Crippen molar-refractivity contribution in [3.63, 3.8) is 0 Å². The average molecular weight is 274 g/mol. The van der Waals surface area contributed by atoms with Crippen LogP contribution < -0.4 is 10.6 Å². The Morgan fingerprint density at radius 1 is 1.20 bits per heavy atom. The summed E-state index contributed by atoms with van der Waals surface area (Å²) in [6, 6.07) is 6.94. The molecule has 1 aromatic heterocycles. The number of hydrogen-bond acceptors (Lipinski definition) is 3. The summed E-state index contributed by atoms with van der Waals surface area (Å²) in [6.07, 6.45) is 2.22. The van der Waals surface area contributed by atoms with E-state index in [1.54, 1.807) is 12.1 Å². The molecule has 0 atom stereocenters. The summed E-state index contributed by atoms with van der Waals surface area (Å²) in [4.78, 5) is 0. The molecule has 2 aromatic rings. The minimum atomic E-state index is -0.223. The average Bonchev–Trinajstić information content (AvgIpc) is 2.83. The molecule has 0 spiro atoms. The van der Waals surface area contributed by atoms with E-state index in [0.29, 0.717) is 6.04 Å². The molecule has 20 heavy (non-hydrogen) atoms. The monoisotopic (exact) mass is 274 g/mol. The third-order valence-corrected chi connectivity index (χ3v) is 3.82. The van der Waals surface area contributed by atoms with Crippen molar-refractivity contribution in [3.8, 4) is 11.3 Å². The Morgan fingerprint density at radius 3 is 2.60 bits per heavy atom. The first-order valence-corrected chi connectivity index (χ1v) is 7.02. The van der Waals surface area contributed by atoms with Gasteiger partial charge in [0.1, 0.15) is 5.82 Å². The number of rotatable bonds is 3. The second-order valence-electron chi connectivity index (χ2n) is 5.25. The number of halogens is 1. The van der Waals surface area contributed by atoms with Gasteiger partial charge >= 0.3 is 0 Å². The Balaban J connectivity index is 1.79. The zero-order valence-corrected chi connectivity index (χ0v) is 11.5. The predicted octanol–water partition coefficient (Wildman–Crippen LogP) is 2.69. The molecule has 4 nitrogen and oxygen atoms in total. The van der Waals surface area contributed by atoms with Crippen molar-refractivity contribution < 1.29 is 4.39 Å². The van der Waals surface area contributed by atoms with Crippen LogP contribution in [0.15, 0.2) is 24.3 Å². The summed E-state index contributed by atoms with van der Waals surface area (Å²) in [7, 11) is 0. The highest BCUT2D eigenvalue weighted by atomic mass is 19.1. The van der Waals surface area contributed by atoms with Gasteiger partial charge in [0.25, 0.3) is 0 Å². The fourth-order valence-corrected chi connectivity index (χ4v) is 2.60. The van der Waals surface area contributed by atoms with Gasteiger partial charge < -0.3 is 10.6 Å². The molecule has 0 saturated carbocycles. The largest absolute Gasteiger partial charge is 0.366 e. The summed E-state index contributed by atoms with van der Waals surface area (Å²) in [5.41, 5.74) is 2.98. The highest BCUT2D eigenvalue weighted by Crippen LogP contribution is 2.27. The zero-order chi connectivity index (χ0) is 13.9. The molecule has 1 fully saturated rings. The number of anilines is 1. The van der Waals surface area contributed by atoms with E-state index in [9.17, 15) is 4.39 Å². The molecule has 1 aromatic carbocycles. The lowest BCUT2D eigenvalue weighted by Crippen LogP contribution is -2.35. The fourth-order valence-electron chi connectivity index (χ4n) is 2.60. The van der Waals surface area contributed by atoms with Crippen LogP contribution in [0.4, 0.5) is 10.2 Å². The fraction of sp³-hybridized carbons (Fsp3) is 0.400. The summed E-state index contributed by atoms with van der Waals surface area (Å²) >= 11 is 0. The quantitative estimate of drug-likeness (QED) is 0.806. The summed E-state index contributed by atoms with van der Waals surface area (Å²) in [6.45, 7) is 4.13. The molecular weight excluding hydrogens is 255 g/mol. The maximum atomic E-state index is 13.0. The number of piperidine rings is 1. The Hall–Kier alpha value is -1.88. The summed E-state index contributed by atoms with van der Waals surface area (Å²) in [5.74, 6) is 0.676. The molecule has 0 aliphatic carbocycles. The van der Waals surface area contributed by atoms with Crippen molar-refractivity contribution in [2.24, 2.45) is 0 Å². The van der Waals surface area contributed by atoms with E-state index in [1.807, 2.05) is 6.92 Å². The van der Waals surface area contributed by atoms with Gasteiger partial charge in [-0.15, -0.1) is 0 Å². The number of H-pyrrole nitrogens is 1. The summed E-state index contributed by atoms with van der Waals surface area (Å²) in [5, 5.41) is 14.2. The number of aromatic nitrogens is 2. The molecular formula is C15H19FN4. The predicted molar refractivity (Wildman–Crippen MR) is 78.2 cm³/mol. The number of nitrogens with zero attached hydrogens (tertiary/aromatic N) is 1. The third kappa shape index (κ3) is 2.67. The topological polar surface area (TPSA) is 52.7 Å². The number of nitrogens with one attached hydrogen (secondary N) is 3. The molecule has 106 valence electrons. The number of hydrogen-bond donors (Lipinski definition) is 3. The maximum absolute atomic E-state index is 13.0.